The predicted molar refractivity (Wildman–Crippen MR) is 79.0 cm³/mol. The Morgan fingerprint density at radius 3 is 2.19 bits per heavy atom. The molecule has 2 aromatic carbocycles. The van der Waals surface area contributed by atoms with Crippen molar-refractivity contribution >= 4 is 15.9 Å². The zero-order chi connectivity index (χ0) is 15.4. The number of rotatable bonds is 5. The fourth-order valence-electron chi connectivity index (χ4n) is 2.16. The molecular formula is C15H14BrF3N2. The van der Waals surface area contributed by atoms with Crippen LogP contribution in [0.5, 0.6) is 0 Å². The van der Waals surface area contributed by atoms with Crippen molar-refractivity contribution in [3.05, 3.63) is 69.4 Å². The van der Waals surface area contributed by atoms with Gasteiger partial charge in [0.15, 0.2) is 0 Å². The Hall–Kier alpha value is -1.37. The first-order valence-electron chi connectivity index (χ1n) is 6.33. The summed E-state index contributed by atoms with van der Waals surface area (Å²) in [7, 11) is 0. The van der Waals surface area contributed by atoms with Gasteiger partial charge in [0.05, 0.1) is 0 Å². The molecule has 0 saturated heterocycles. The molecule has 1 atom stereocenters. The summed E-state index contributed by atoms with van der Waals surface area (Å²) in [6, 6.07) is 7.51. The highest BCUT2D eigenvalue weighted by Crippen LogP contribution is 2.20. The summed E-state index contributed by atoms with van der Waals surface area (Å²) < 4.78 is 40.0. The molecule has 3 N–H and O–H groups in total. The highest BCUT2D eigenvalue weighted by Gasteiger charge is 2.13. The molecule has 0 bridgehead atoms. The highest BCUT2D eigenvalue weighted by atomic mass is 79.9. The van der Waals surface area contributed by atoms with E-state index >= 15 is 0 Å². The quantitative estimate of drug-likeness (QED) is 0.634. The van der Waals surface area contributed by atoms with Crippen LogP contribution in [0.15, 0.2) is 40.9 Å². The van der Waals surface area contributed by atoms with Crippen LogP contribution in [-0.4, -0.2) is 6.04 Å². The Bertz CT molecular complexity index is 614. The Labute approximate surface area is 129 Å². The monoisotopic (exact) mass is 358 g/mol. The zero-order valence-corrected chi connectivity index (χ0v) is 12.6. The number of hydrazine groups is 1. The molecule has 0 spiro atoms. The van der Waals surface area contributed by atoms with Crippen molar-refractivity contribution in [2.45, 2.75) is 18.9 Å². The van der Waals surface area contributed by atoms with Crippen molar-refractivity contribution in [1.29, 1.82) is 0 Å². The van der Waals surface area contributed by atoms with E-state index < -0.39 is 11.6 Å². The molecule has 2 aromatic rings. The van der Waals surface area contributed by atoms with E-state index in [1.54, 1.807) is 6.07 Å². The third-order valence-electron chi connectivity index (χ3n) is 3.12. The summed E-state index contributed by atoms with van der Waals surface area (Å²) in [6.07, 6.45) is 0.852. The molecule has 1 unspecified atom stereocenters. The van der Waals surface area contributed by atoms with Gasteiger partial charge in [0, 0.05) is 16.6 Å². The van der Waals surface area contributed by atoms with Gasteiger partial charge in [-0.25, -0.2) is 13.2 Å². The van der Waals surface area contributed by atoms with Gasteiger partial charge < -0.3 is 0 Å². The fourth-order valence-corrected chi connectivity index (χ4v) is 2.67. The molecule has 0 aromatic heterocycles. The van der Waals surface area contributed by atoms with Gasteiger partial charge in [0.2, 0.25) is 0 Å². The Balaban J connectivity index is 2.12. The van der Waals surface area contributed by atoms with Crippen molar-refractivity contribution in [1.82, 2.24) is 5.43 Å². The SMILES string of the molecule is NNC(Cc1cc(F)cc(F)c1)Cc1ccc(F)cc1Br. The number of hydrogen-bond donors (Lipinski definition) is 2. The molecule has 0 radical (unpaired) electrons. The van der Waals surface area contributed by atoms with E-state index in [0.29, 0.717) is 22.9 Å². The lowest BCUT2D eigenvalue weighted by molar-refractivity contribution is 0.515. The second-order valence-electron chi connectivity index (χ2n) is 4.79. The average molecular weight is 359 g/mol. The number of hydrogen-bond acceptors (Lipinski definition) is 2. The van der Waals surface area contributed by atoms with Crippen LogP contribution in [-0.2, 0) is 12.8 Å². The fraction of sp³-hybridized carbons (Fsp3) is 0.200. The number of nitrogens with one attached hydrogen (secondary N) is 1. The molecule has 21 heavy (non-hydrogen) atoms. The van der Waals surface area contributed by atoms with E-state index in [9.17, 15) is 13.2 Å². The van der Waals surface area contributed by atoms with Gasteiger partial charge in [-0.15, -0.1) is 0 Å². The molecule has 0 fully saturated rings. The van der Waals surface area contributed by atoms with Gasteiger partial charge in [-0.3, -0.25) is 11.3 Å². The molecule has 2 rings (SSSR count). The van der Waals surface area contributed by atoms with Crippen LogP contribution >= 0.6 is 15.9 Å². The van der Waals surface area contributed by atoms with E-state index in [1.165, 1.54) is 24.3 Å². The van der Waals surface area contributed by atoms with Crippen molar-refractivity contribution < 1.29 is 13.2 Å². The largest absolute Gasteiger partial charge is 0.271 e. The summed E-state index contributed by atoms with van der Waals surface area (Å²) in [5.41, 5.74) is 3.99. The van der Waals surface area contributed by atoms with Gasteiger partial charge in [-0.2, -0.15) is 0 Å². The predicted octanol–water partition coefficient (Wildman–Crippen LogP) is 3.48. The van der Waals surface area contributed by atoms with Crippen LogP contribution < -0.4 is 11.3 Å². The summed E-state index contributed by atoms with van der Waals surface area (Å²) >= 11 is 3.28. The first-order valence-corrected chi connectivity index (χ1v) is 7.12. The minimum Gasteiger partial charge on any atom is -0.271 e. The maximum atomic E-state index is 13.2. The third-order valence-corrected chi connectivity index (χ3v) is 3.86. The molecule has 112 valence electrons. The van der Waals surface area contributed by atoms with Crippen LogP contribution in [0.3, 0.4) is 0 Å². The van der Waals surface area contributed by atoms with Crippen LogP contribution in [0.1, 0.15) is 11.1 Å². The number of halogens is 4. The molecule has 0 heterocycles. The van der Waals surface area contributed by atoms with E-state index in [-0.39, 0.29) is 11.9 Å². The lowest BCUT2D eigenvalue weighted by Crippen LogP contribution is -2.38. The van der Waals surface area contributed by atoms with Crippen LogP contribution in [0.25, 0.3) is 0 Å². The average Bonchev–Trinajstić information content (AvgIpc) is 2.39. The lowest BCUT2D eigenvalue weighted by atomic mass is 9.99. The normalized spacial score (nSPS) is 12.4. The minimum absolute atomic E-state index is 0.229. The maximum Gasteiger partial charge on any atom is 0.126 e. The van der Waals surface area contributed by atoms with Crippen molar-refractivity contribution in [3.8, 4) is 0 Å². The molecule has 0 aliphatic rings. The van der Waals surface area contributed by atoms with Gasteiger partial charge >= 0.3 is 0 Å². The Morgan fingerprint density at radius 2 is 1.62 bits per heavy atom. The standard InChI is InChI=1S/C15H14BrF3N2/c16-15-8-11(17)2-1-10(15)6-14(21-20)5-9-3-12(18)7-13(19)4-9/h1-4,7-8,14,21H,5-6,20H2. The molecule has 0 amide bonds. The van der Waals surface area contributed by atoms with Gasteiger partial charge in [-0.05, 0) is 48.2 Å². The second kappa shape index (κ2) is 7.06. The van der Waals surface area contributed by atoms with Crippen molar-refractivity contribution in [2.75, 3.05) is 0 Å². The maximum absolute atomic E-state index is 13.2. The number of nitrogens with two attached hydrogens (primary N) is 1. The lowest BCUT2D eigenvalue weighted by Gasteiger charge is -2.17. The van der Waals surface area contributed by atoms with E-state index in [2.05, 4.69) is 21.4 Å². The van der Waals surface area contributed by atoms with Crippen molar-refractivity contribution in [2.24, 2.45) is 5.84 Å². The summed E-state index contributed by atoms with van der Waals surface area (Å²) in [6.45, 7) is 0. The Kier molecular flexibility index (Phi) is 5.39. The van der Waals surface area contributed by atoms with E-state index in [4.69, 9.17) is 5.84 Å². The van der Waals surface area contributed by atoms with Crippen LogP contribution in [0.2, 0.25) is 0 Å². The van der Waals surface area contributed by atoms with Crippen LogP contribution in [0, 0.1) is 17.5 Å². The van der Waals surface area contributed by atoms with Crippen molar-refractivity contribution in [3.63, 3.8) is 0 Å². The van der Waals surface area contributed by atoms with E-state index in [1.807, 2.05) is 0 Å². The molecule has 0 saturated carbocycles. The second-order valence-corrected chi connectivity index (χ2v) is 5.64. The van der Waals surface area contributed by atoms with Crippen LogP contribution in [0.4, 0.5) is 13.2 Å². The molecule has 0 aliphatic carbocycles. The van der Waals surface area contributed by atoms with Gasteiger partial charge in [0.1, 0.15) is 17.5 Å². The third kappa shape index (κ3) is 4.56. The summed E-state index contributed by atoms with van der Waals surface area (Å²) in [5, 5.41) is 0. The summed E-state index contributed by atoms with van der Waals surface area (Å²) in [4.78, 5) is 0. The smallest absolute Gasteiger partial charge is 0.126 e. The highest BCUT2D eigenvalue weighted by molar-refractivity contribution is 9.10. The van der Waals surface area contributed by atoms with Gasteiger partial charge in [0.25, 0.3) is 0 Å². The van der Waals surface area contributed by atoms with Gasteiger partial charge in [-0.1, -0.05) is 22.0 Å². The zero-order valence-electron chi connectivity index (χ0n) is 11.0. The molecule has 2 nitrogen and oxygen atoms in total. The first-order chi connectivity index (χ1) is 9.97. The Morgan fingerprint density at radius 1 is 0.952 bits per heavy atom. The molecule has 6 heteroatoms. The molecular weight excluding hydrogens is 345 g/mol. The minimum atomic E-state index is -0.622. The van der Waals surface area contributed by atoms with E-state index in [0.717, 1.165) is 11.6 Å². The summed E-state index contributed by atoms with van der Waals surface area (Å²) in [5.74, 6) is 3.92. The number of benzene rings is 2. The first kappa shape index (κ1) is 16.0. The topological polar surface area (TPSA) is 38.0 Å². The molecule has 0 aliphatic heterocycles.